The zero-order chi connectivity index (χ0) is 15.4. The average Bonchev–Trinajstić information content (AvgIpc) is 3.11. The van der Waals surface area contributed by atoms with Crippen LogP contribution in [0.2, 0.25) is 0 Å². The Bertz CT molecular complexity index is 731. The zero-order valence-corrected chi connectivity index (χ0v) is 11.8. The molecular weight excluding hydrogens is 280 g/mol. The lowest BCUT2D eigenvalue weighted by atomic mass is 9.97. The SMILES string of the molecule is N#C/C(C(=O)c1ccc(-c2nn[nH]n2)cc1)=C1\CCCCN1. The molecule has 0 radical (unpaired) electrons. The maximum atomic E-state index is 12.5. The first kappa shape index (κ1) is 13.9. The van der Waals surface area contributed by atoms with Crippen molar-refractivity contribution in [2.75, 3.05) is 6.54 Å². The molecule has 0 bridgehead atoms. The Kier molecular flexibility index (Phi) is 3.92. The summed E-state index contributed by atoms with van der Waals surface area (Å²) in [5, 5.41) is 26.1. The van der Waals surface area contributed by atoms with E-state index in [1.54, 1.807) is 24.3 Å². The first-order valence-electron chi connectivity index (χ1n) is 7.05. The second-order valence-corrected chi connectivity index (χ2v) is 4.99. The predicted molar refractivity (Wildman–Crippen MR) is 78.4 cm³/mol. The summed E-state index contributed by atoms with van der Waals surface area (Å²) in [5.74, 6) is 0.207. The van der Waals surface area contributed by atoms with Gasteiger partial charge in [-0.2, -0.15) is 10.5 Å². The van der Waals surface area contributed by atoms with Gasteiger partial charge in [0.05, 0.1) is 0 Å². The molecule has 0 amide bonds. The number of carbonyl (C=O) groups excluding carboxylic acids is 1. The number of hydrogen-bond acceptors (Lipinski definition) is 6. The van der Waals surface area contributed by atoms with E-state index in [0.717, 1.165) is 37.1 Å². The van der Waals surface area contributed by atoms with Crippen molar-refractivity contribution in [2.45, 2.75) is 19.3 Å². The minimum Gasteiger partial charge on any atom is -0.387 e. The number of aromatic nitrogens is 4. The van der Waals surface area contributed by atoms with Crippen molar-refractivity contribution in [1.82, 2.24) is 25.9 Å². The van der Waals surface area contributed by atoms with Gasteiger partial charge in [0.1, 0.15) is 11.6 Å². The molecule has 22 heavy (non-hydrogen) atoms. The lowest BCUT2D eigenvalue weighted by molar-refractivity contribution is 0.103. The molecule has 2 heterocycles. The number of aromatic amines is 1. The third-order valence-electron chi connectivity index (χ3n) is 3.58. The lowest BCUT2D eigenvalue weighted by Crippen LogP contribution is -2.23. The van der Waals surface area contributed by atoms with Crippen LogP contribution in [0, 0.1) is 11.3 Å². The molecule has 7 heteroatoms. The molecule has 3 rings (SSSR count). The molecule has 1 aromatic heterocycles. The number of carbonyl (C=O) groups is 1. The molecule has 2 aromatic rings. The van der Waals surface area contributed by atoms with Crippen molar-refractivity contribution < 1.29 is 4.79 Å². The van der Waals surface area contributed by atoms with E-state index >= 15 is 0 Å². The highest BCUT2D eigenvalue weighted by Gasteiger charge is 2.19. The maximum Gasteiger partial charge on any atom is 0.205 e. The molecule has 2 N–H and O–H groups in total. The Labute approximate surface area is 127 Å². The van der Waals surface area contributed by atoms with Gasteiger partial charge in [-0.15, -0.1) is 10.2 Å². The second-order valence-electron chi connectivity index (χ2n) is 4.99. The van der Waals surface area contributed by atoms with Crippen LogP contribution >= 0.6 is 0 Å². The van der Waals surface area contributed by atoms with Crippen molar-refractivity contribution >= 4 is 5.78 Å². The van der Waals surface area contributed by atoms with Crippen molar-refractivity contribution in [3.8, 4) is 17.5 Å². The smallest absolute Gasteiger partial charge is 0.205 e. The van der Waals surface area contributed by atoms with Gasteiger partial charge in [-0.25, -0.2) is 0 Å². The van der Waals surface area contributed by atoms with E-state index in [-0.39, 0.29) is 11.4 Å². The van der Waals surface area contributed by atoms with Crippen molar-refractivity contribution in [1.29, 1.82) is 5.26 Å². The summed E-state index contributed by atoms with van der Waals surface area (Å²) in [4.78, 5) is 12.5. The summed E-state index contributed by atoms with van der Waals surface area (Å²) < 4.78 is 0. The summed E-state index contributed by atoms with van der Waals surface area (Å²) in [5.41, 5.74) is 2.18. The van der Waals surface area contributed by atoms with Gasteiger partial charge in [-0.05, 0) is 24.5 Å². The standard InChI is InChI=1S/C15H14N6O/c16-9-12(13-3-1-2-8-17-13)14(22)10-4-6-11(7-5-10)15-18-20-21-19-15/h4-7,17H,1-3,8H2,(H,18,19,20,21)/b13-12-. The Morgan fingerprint density at radius 1 is 1.23 bits per heavy atom. The molecule has 0 unspecified atom stereocenters. The van der Waals surface area contributed by atoms with E-state index in [9.17, 15) is 10.1 Å². The molecule has 110 valence electrons. The molecule has 1 fully saturated rings. The van der Waals surface area contributed by atoms with Gasteiger partial charge in [-0.3, -0.25) is 4.79 Å². The number of hydrogen-bond donors (Lipinski definition) is 2. The van der Waals surface area contributed by atoms with Gasteiger partial charge in [0.15, 0.2) is 0 Å². The van der Waals surface area contributed by atoms with Gasteiger partial charge in [0, 0.05) is 23.4 Å². The van der Waals surface area contributed by atoms with Gasteiger partial charge in [0.25, 0.3) is 0 Å². The zero-order valence-electron chi connectivity index (χ0n) is 11.8. The molecule has 1 aliphatic rings. The monoisotopic (exact) mass is 294 g/mol. The first-order valence-corrected chi connectivity index (χ1v) is 7.05. The van der Waals surface area contributed by atoms with E-state index in [1.165, 1.54) is 0 Å². The fourth-order valence-electron chi connectivity index (χ4n) is 2.42. The van der Waals surface area contributed by atoms with Crippen LogP contribution in [-0.4, -0.2) is 33.0 Å². The van der Waals surface area contributed by atoms with Crippen LogP contribution in [0.3, 0.4) is 0 Å². The molecule has 0 spiro atoms. The predicted octanol–water partition coefficient (Wildman–Crippen LogP) is 1.60. The first-order chi connectivity index (χ1) is 10.8. The normalized spacial score (nSPS) is 16.5. The number of tetrazole rings is 1. The number of benzene rings is 1. The van der Waals surface area contributed by atoms with E-state index in [1.807, 2.05) is 6.07 Å². The third kappa shape index (κ3) is 2.72. The second kappa shape index (κ2) is 6.18. The minimum atomic E-state index is -0.258. The number of Topliss-reactive ketones (excluding diaryl/α,β-unsaturated/α-hetero) is 1. The van der Waals surface area contributed by atoms with Crippen LogP contribution in [0.1, 0.15) is 29.6 Å². The quantitative estimate of drug-likeness (QED) is 0.506. The van der Waals surface area contributed by atoms with Crippen molar-refractivity contribution in [3.05, 3.63) is 41.1 Å². The molecule has 1 aromatic carbocycles. The fraction of sp³-hybridized carbons (Fsp3) is 0.267. The number of ketones is 1. The molecular formula is C15H14N6O. The van der Waals surface area contributed by atoms with E-state index < -0.39 is 0 Å². The number of nitrogens with zero attached hydrogens (tertiary/aromatic N) is 4. The summed E-state index contributed by atoms with van der Waals surface area (Å²) in [6, 6.07) is 8.88. The van der Waals surface area contributed by atoms with Crippen molar-refractivity contribution in [3.63, 3.8) is 0 Å². The molecule has 1 aliphatic heterocycles. The Morgan fingerprint density at radius 2 is 2.05 bits per heavy atom. The van der Waals surface area contributed by atoms with Crippen LogP contribution in [-0.2, 0) is 0 Å². The topological polar surface area (TPSA) is 107 Å². The number of rotatable bonds is 3. The number of nitrogens with one attached hydrogen (secondary N) is 2. The van der Waals surface area contributed by atoms with Gasteiger partial charge in [-0.1, -0.05) is 24.3 Å². The molecule has 0 saturated carbocycles. The highest BCUT2D eigenvalue weighted by Crippen LogP contribution is 2.20. The van der Waals surface area contributed by atoms with Crippen LogP contribution in [0.15, 0.2) is 35.5 Å². The number of allylic oxidation sites excluding steroid dienone is 2. The van der Waals surface area contributed by atoms with E-state index in [4.69, 9.17) is 0 Å². The fourth-order valence-corrected chi connectivity index (χ4v) is 2.42. The number of piperidine rings is 1. The van der Waals surface area contributed by atoms with Crippen LogP contribution in [0.25, 0.3) is 11.4 Å². The molecule has 1 saturated heterocycles. The van der Waals surface area contributed by atoms with Gasteiger partial charge in [0.2, 0.25) is 11.6 Å². The minimum absolute atomic E-state index is 0.201. The largest absolute Gasteiger partial charge is 0.387 e. The van der Waals surface area contributed by atoms with Gasteiger partial charge >= 0.3 is 0 Å². The third-order valence-corrected chi connectivity index (χ3v) is 3.58. The summed E-state index contributed by atoms with van der Waals surface area (Å²) in [7, 11) is 0. The summed E-state index contributed by atoms with van der Waals surface area (Å²) >= 11 is 0. The average molecular weight is 294 g/mol. The van der Waals surface area contributed by atoms with E-state index in [0.29, 0.717) is 11.4 Å². The van der Waals surface area contributed by atoms with Crippen LogP contribution < -0.4 is 5.32 Å². The number of nitriles is 1. The Hall–Kier alpha value is -3.01. The highest BCUT2D eigenvalue weighted by atomic mass is 16.1. The Balaban J connectivity index is 1.87. The van der Waals surface area contributed by atoms with Crippen LogP contribution in [0.4, 0.5) is 0 Å². The highest BCUT2D eigenvalue weighted by molar-refractivity contribution is 6.11. The molecule has 0 aliphatic carbocycles. The summed E-state index contributed by atoms with van der Waals surface area (Å²) in [6.07, 6.45) is 2.81. The molecule has 0 atom stereocenters. The van der Waals surface area contributed by atoms with Crippen LogP contribution in [0.5, 0.6) is 0 Å². The maximum absolute atomic E-state index is 12.5. The summed E-state index contributed by atoms with van der Waals surface area (Å²) in [6.45, 7) is 0.810. The lowest BCUT2D eigenvalue weighted by Gasteiger charge is -2.17. The Morgan fingerprint density at radius 3 is 2.64 bits per heavy atom. The molecule has 7 nitrogen and oxygen atoms in total. The van der Waals surface area contributed by atoms with Crippen molar-refractivity contribution in [2.24, 2.45) is 0 Å². The van der Waals surface area contributed by atoms with E-state index in [2.05, 4.69) is 25.9 Å². The number of H-pyrrole nitrogens is 1. The van der Waals surface area contributed by atoms with Gasteiger partial charge < -0.3 is 5.32 Å².